The van der Waals surface area contributed by atoms with Crippen LogP contribution < -0.4 is 4.90 Å². The second kappa shape index (κ2) is 9.59. The number of benzene rings is 1. The number of rotatable bonds is 8. The Hall–Kier alpha value is -1.05. The van der Waals surface area contributed by atoms with Crippen molar-refractivity contribution in [2.24, 2.45) is 0 Å². The highest BCUT2D eigenvalue weighted by Gasteiger charge is 2.37. The topological polar surface area (TPSA) is 34.2 Å². The molecule has 1 aliphatic heterocycles. The number of aryl methyl sites for hydroxylation is 3. The molecule has 2 rings (SSSR count). The van der Waals surface area contributed by atoms with Crippen LogP contribution in [0.25, 0.3) is 0 Å². The molecule has 0 spiro atoms. The third-order valence-corrected chi connectivity index (χ3v) is 7.41. The Bertz CT molecular complexity index is 562. The minimum absolute atomic E-state index is 0. The van der Waals surface area contributed by atoms with Crippen molar-refractivity contribution in [3.8, 4) is 0 Å². The van der Waals surface area contributed by atoms with E-state index in [1.807, 2.05) is 0 Å². The largest absolute Gasteiger partial charge is 0.500 e. The van der Waals surface area contributed by atoms with Gasteiger partial charge < -0.3 is 23.1 Å². The van der Waals surface area contributed by atoms with Crippen molar-refractivity contribution in [2.45, 2.75) is 33.2 Å². The smallest absolute Gasteiger partial charge is 0.377 e. The minimum atomic E-state index is -2.46. The SMILES string of the molecule is CO[Si](CCCN1C=CN(c2c(C)cc(C)cc2C)C1)(OC)OC.Cl. The molecule has 1 aromatic carbocycles. The first-order valence-electron chi connectivity index (χ1n) is 8.37. The van der Waals surface area contributed by atoms with Crippen molar-refractivity contribution in [3.63, 3.8) is 0 Å². The van der Waals surface area contributed by atoms with Gasteiger partial charge in [-0.15, -0.1) is 12.4 Å². The van der Waals surface area contributed by atoms with E-state index in [0.717, 1.165) is 25.7 Å². The van der Waals surface area contributed by atoms with Gasteiger partial charge in [-0.05, 0) is 38.3 Å². The van der Waals surface area contributed by atoms with Gasteiger partial charge in [-0.25, -0.2) is 0 Å². The van der Waals surface area contributed by atoms with Gasteiger partial charge in [0.1, 0.15) is 0 Å². The summed E-state index contributed by atoms with van der Waals surface area (Å²) in [5.74, 6) is 0. The quantitative estimate of drug-likeness (QED) is 0.634. The summed E-state index contributed by atoms with van der Waals surface area (Å²) < 4.78 is 16.4. The average Bonchev–Trinajstić information content (AvgIpc) is 2.99. The highest BCUT2D eigenvalue weighted by atomic mass is 35.5. The van der Waals surface area contributed by atoms with Crippen LogP contribution in [0.3, 0.4) is 0 Å². The summed E-state index contributed by atoms with van der Waals surface area (Å²) in [6.45, 7) is 8.35. The van der Waals surface area contributed by atoms with E-state index >= 15 is 0 Å². The first kappa shape index (κ1) is 22.0. The van der Waals surface area contributed by atoms with Crippen LogP contribution in [0.1, 0.15) is 23.1 Å². The molecule has 7 heteroatoms. The van der Waals surface area contributed by atoms with E-state index in [4.69, 9.17) is 13.3 Å². The molecular weight excluding hydrogens is 356 g/mol. The number of anilines is 1. The average molecular weight is 387 g/mol. The summed E-state index contributed by atoms with van der Waals surface area (Å²) in [5, 5.41) is 0. The Morgan fingerprint density at radius 2 is 1.52 bits per heavy atom. The van der Waals surface area contributed by atoms with E-state index in [1.165, 1.54) is 22.4 Å². The van der Waals surface area contributed by atoms with Crippen molar-refractivity contribution in [3.05, 3.63) is 41.2 Å². The van der Waals surface area contributed by atoms with E-state index < -0.39 is 8.80 Å². The molecule has 0 aliphatic carbocycles. The maximum atomic E-state index is 5.48. The zero-order chi connectivity index (χ0) is 17.7. The monoisotopic (exact) mass is 386 g/mol. The highest BCUT2D eigenvalue weighted by Crippen LogP contribution is 2.29. The van der Waals surface area contributed by atoms with Crippen molar-refractivity contribution in [1.82, 2.24) is 4.90 Å². The van der Waals surface area contributed by atoms with Crippen LogP contribution in [-0.4, -0.2) is 48.2 Å². The van der Waals surface area contributed by atoms with Gasteiger partial charge in [-0.2, -0.15) is 0 Å². The molecule has 0 atom stereocenters. The van der Waals surface area contributed by atoms with Crippen LogP contribution in [0.15, 0.2) is 24.5 Å². The van der Waals surface area contributed by atoms with Crippen LogP contribution >= 0.6 is 12.4 Å². The van der Waals surface area contributed by atoms with Crippen molar-refractivity contribution < 1.29 is 13.3 Å². The molecule has 0 radical (unpaired) electrons. The molecule has 1 aliphatic rings. The maximum Gasteiger partial charge on any atom is 0.500 e. The van der Waals surface area contributed by atoms with Crippen LogP contribution in [0.5, 0.6) is 0 Å². The number of halogens is 1. The molecule has 0 unspecified atom stereocenters. The normalized spacial score (nSPS) is 14.2. The molecule has 0 fully saturated rings. The molecule has 0 bridgehead atoms. The predicted octanol–water partition coefficient (Wildman–Crippen LogP) is 3.85. The molecule has 25 heavy (non-hydrogen) atoms. The fourth-order valence-electron chi connectivity index (χ4n) is 3.44. The second-order valence-electron chi connectivity index (χ2n) is 6.37. The Morgan fingerprint density at radius 3 is 2.04 bits per heavy atom. The lowest BCUT2D eigenvalue weighted by atomic mass is 10.0. The van der Waals surface area contributed by atoms with Gasteiger partial charge in [-0.3, -0.25) is 0 Å². The van der Waals surface area contributed by atoms with Crippen molar-refractivity contribution in [1.29, 1.82) is 0 Å². The summed E-state index contributed by atoms with van der Waals surface area (Å²) in [5.41, 5.74) is 5.27. The van der Waals surface area contributed by atoms with Gasteiger partial charge >= 0.3 is 8.80 Å². The number of hydrogen-bond donors (Lipinski definition) is 0. The van der Waals surface area contributed by atoms with Gasteiger partial charge in [0.25, 0.3) is 0 Å². The van der Waals surface area contributed by atoms with E-state index in [1.54, 1.807) is 21.3 Å². The van der Waals surface area contributed by atoms with Gasteiger partial charge in [0.05, 0.1) is 6.67 Å². The van der Waals surface area contributed by atoms with Crippen LogP contribution in [0, 0.1) is 20.8 Å². The zero-order valence-corrected chi connectivity index (χ0v) is 18.0. The maximum absolute atomic E-state index is 5.48. The Morgan fingerprint density at radius 1 is 0.960 bits per heavy atom. The summed E-state index contributed by atoms with van der Waals surface area (Å²) in [4.78, 5) is 4.64. The molecule has 0 N–H and O–H groups in total. The molecule has 0 aromatic heterocycles. The Balaban J connectivity index is 0.00000312. The second-order valence-corrected chi connectivity index (χ2v) is 9.46. The van der Waals surface area contributed by atoms with E-state index in [2.05, 4.69) is 55.1 Å². The number of nitrogens with zero attached hydrogens (tertiary/aromatic N) is 2. The lowest BCUT2D eigenvalue weighted by molar-refractivity contribution is 0.122. The third-order valence-electron chi connectivity index (χ3n) is 4.58. The van der Waals surface area contributed by atoms with E-state index in [-0.39, 0.29) is 12.4 Å². The molecular formula is C18H31ClN2O3Si. The molecule has 142 valence electrons. The molecule has 0 saturated carbocycles. The molecule has 0 amide bonds. The van der Waals surface area contributed by atoms with Gasteiger partial charge in [0, 0.05) is 52.0 Å². The summed E-state index contributed by atoms with van der Waals surface area (Å²) in [7, 11) is 2.54. The van der Waals surface area contributed by atoms with Gasteiger partial charge in [0.15, 0.2) is 0 Å². The minimum Gasteiger partial charge on any atom is -0.377 e. The lowest BCUT2D eigenvalue weighted by Gasteiger charge is -2.27. The van der Waals surface area contributed by atoms with Gasteiger partial charge in [-0.1, -0.05) is 17.7 Å². The van der Waals surface area contributed by atoms with Gasteiger partial charge in [0.2, 0.25) is 0 Å². The number of hydrogen-bond acceptors (Lipinski definition) is 5. The van der Waals surface area contributed by atoms with E-state index in [9.17, 15) is 0 Å². The fraction of sp³-hybridized carbons (Fsp3) is 0.556. The Labute approximate surface area is 159 Å². The van der Waals surface area contributed by atoms with Crippen LogP contribution in [0.4, 0.5) is 5.69 Å². The lowest BCUT2D eigenvalue weighted by Crippen LogP contribution is -2.43. The van der Waals surface area contributed by atoms with Crippen LogP contribution in [-0.2, 0) is 13.3 Å². The Kier molecular flexibility index (Phi) is 8.44. The molecule has 1 aromatic rings. The highest BCUT2D eigenvalue weighted by molar-refractivity contribution is 6.60. The van der Waals surface area contributed by atoms with Crippen LogP contribution in [0.2, 0.25) is 6.04 Å². The fourth-order valence-corrected chi connectivity index (χ4v) is 5.14. The molecule has 0 saturated heterocycles. The molecule has 5 nitrogen and oxygen atoms in total. The summed E-state index contributed by atoms with van der Waals surface area (Å²) >= 11 is 0. The standard InChI is InChI=1S/C18H30N2O3Si.ClH/c1-15-12-16(2)18(17(3)13-15)20-10-9-19(14-20)8-7-11-24(21-4,22-5)23-6;/h9-10,12-13H,7-8,11,14H2,1-6H3;1H. The van der Waals surface area contributed by atoms with Crippen molar-refractivity contribution in [2.75, 3.05) is 39.4 Å². The predicted molar refractivity (Wildman–Crippen MR) is 107 cm³/mol. The van der Waals surface area contributed by atoms with Crippen molar-refractivity contribution >= 4 is 26.9 Å². The summed E-state index contributed by atoms with van der Waals surface area (Å²) in [6.07, 6.45) is 5.30. The first-order valence-corrected chi connectivity index (χ1v) is 10.3. The third kappa shape index (κ3) is 5.21. The zero-order valence-electron chi connectivity index (χ0n) is 16.2. The summed E-state index contributed by atoms with van der Waals surface area (Å²) in [6, 6.07) is 5.31. The molecule has 1 heterocycles. The van der Waals surface area contributed by atoms with E-state index in [0.29, 0.717) is 0 Å². The first-order chi connectivity index (χ1) is 11.4.